The second-order valence-electron chi connectivity index (χ2n) is 3.55. The Balaban J connectivity index is 2.36. The van der Waals surface area contributed by atoms with Crippen molar-refractivity contribution in [2.75, 3.05) is 0 Å². The van der Waals surface area contributed by atoms with Crippen LogP contribution in [0.25, 0.3) is 0 Å². The topological polar surface area (TPSA) is 20.2 Å². The Labute approximate surface area is 65.7 Å². The smallest absolute Gasteiger partial charge is 0.0861 e. The van der Waals surface area contributed by atoms with Gasteiger partial charge in [0.15, 0.2) is 0 Å². The third kappa shape index (κ3) is 0.556. The van der Waals surface area contributed by atoms with Gasteiger partial charge in [-0.25, -0.2) is 0 Å². The van der Waals surface area contributed by atoms with Crippen molar-refractivity contribution in [3.05, 3.63) is 34.9 Å². The van der Waals surface area contributed by atoms with E-state index in [1.807, 2.05) is 0 Å². The molecule has 3 bridgehead atoms. The van der Waals surface area contributed by atoms with Crippen molar-refractivity contribution in [3.8, 4) is 0 Å². The molecule has 0 spiro atoms. The minimum Gasteiger partial charge on any atom is -0.388 e. The molecule has 11 heavy (non-hydrogen) atoms. The second-order valence-corrected chi connectivity index (χ2v) is 3.55. The molecule has 3 rings (SSSR count). The maximum absolute atomic E-state index is 9.74. The van der Waals surface area contributed by atoms with Gasteiger partial charge >= 0.3 is 0 Å². The van der Waals surface area contributed by atoms with Gasteiger partial charge in [0.2, 0.25) is 0 Å². The summed E-state index contributed by atoms with van der Waals surface area (Å²) in [6.45, 7) is 0. The molecule has 2 atom stereocenters. The molecule has 1 aromatic carbocycles. The van der Waals surface area contributed by atoms with Crippen LogP contribution >= 0.6 is 0 Å². The van der Waals surface area contributed by atoms with Crippen molar-refractivity contribution in [2.24, 2.45) is 0 Å². The van der Waals surface area contributed by atoms with Gasteiger partial charge in [-0.15, -0.1) is 0 Å². The van der Waals surface area contributed by atoms with Gasteiger partial charge in [-0.05, 0) is 29.5 Å². The first kappa shape index (κ1) is 5.78. The van der Waals surface area contributed by atoms with Gasteiger partial charge in [-0.2, -0.15) is 0 Å². The maximum Gasteiger partial charge on any atom is 0.0861 e. The van der Waals surface area contributed by atoms with E-state index in [0.29, 0.717) is 5.92 Å². The van der Waals surface area contributed by atoms with Crippen molar-refractivity contribution >= 4 is 0 Å². The van der Waals surface area contributed by atoms with Crippen molar-refractivity contribution in [2.45, 2.75) is 24.9 Å². The van der Waals surface area contributed by atoms with E-state index in [1.54, 1.807) is 0 Å². The van der Waals surface area contributed by atoms with Crippen LogP contribution in [-0.2, 0) is 6.42 Å². The second kappa shape index (κ2) is 1.67. The maximum atomic E-state index is 9.74. The van der Waals surface area contributed by atoms with Gasteiger partial charge in [0.1, 0.15) is 0 Å². The van der Waals surface area contributed by atoms with Crippen molar-refractivity contribution < 1.29 is 5.11 Å². The molecule has 0 aliphatic heterocycles. The number of benzene rings is 1. The highest BCUT2D eigenvalue weighted by Gasteiger charge is 2.34. The SMILES string of the molecule is OC1c2cc3ccc2CCC31. The molecule has 1 heteroatoms. The number of aryl methyl sites for hydroxylation is 1. The lowest BCUT2D eigenvalue weighted by Crippen LogP contribution is -2.10. The summed E-state index contributed by atoms with van der Waals surface area (Å²) in [5.41, 5.74) is 3.89. The van der Waals surface area contributed by atoms with Crippen LogP contribution < -0.4 is 0 Å². The minimum absolute atomic E-state index is 0.177. The van der Waals surface area contributed by atoms with Crippen LogP contribution in [0.1, 0.15) is 35.1 Å². The summed E-state index contributed by atoms with van der Waals surface area (Å²) in [6, 6.07) is 6.49. The molecule has 0 aromatic heterocycles. The number of fused-ring (bicyclic) bond motifs is 3. The van der Waals surface area contributed by atoms with Gasteiger partial charge in [0.25, 0.3) is 0 Å². The molecule has 0 heterocycles. The Morgan fingerprint density at radius 1 is 1.36 bits per heavy atom. The number of rotatable bonds is 0. The Morgan fingerprint density at radius 2 is 2.27 bits per heavy atom. The molecule has 0 saturated heterocycles. The Morgan fingerprint density at radius 3 is 3.18 bits per heavy atom. The normalized spacial score (nSPS) is 31.4. The molecule has 0 saturated carbocycles. The standard InChI is InChI=1S/C10H10O/c11-10-8-4-3-6-1-2-7(8)5-9(6)10/h1-2,5,8,10-11H,3-4H2. The van der Waals surface area contributed by atoms with Gasteiger partial charge < -0.3 is 5.11 Å². The summed E-state index contributed by atoms with van der Waals surface area (Å²) < 4.78 is 0. The first-order chi connectivity index (χ1) is 5.36. The molecule has 2 aliphatic carbocycles. The van der Waals surface area contributed by atoms with E-state index in [2.05, 4.69) is 18.2 Å². The van der Waals surface area contributed by atoms with Crippen molar-refractivity contribution in [1.82, 2.24) is 0 Å². The minimum atomic E-state index is -0.177. The highest BCUT2D eigenvalue weighted by atomic mass is 16.3. The number of aliphatic hydroxyl groups is 1. The highest BCUT2D eigenvalue weighted by Crippen LogP contribution is 2.47. The molecule has 0 radical (unpaired) electrons. The lowest BCUT2D eigenvalue weighted by Gasteiger charge is -2.21. The molecular formula is C10H10O. The van der Waals surface area contributed by atoms with Crippen LogP contribution in [0.4, 0.5) is 0 Å². The summed E-state index contributed by atoms with van der Waals surface area (Å²) in [5.74, 6) is 0.424. The summed E-state index contributed by atoms with van der Waals surface area (Å²) in [7, 11) is 0. The predicted octanol–water partition coefficient (Wildman–Crippen LogP) is 1.76. The van der Waals surface area contributed by atoms with Crippen LogP contribution in [0.3, 0.4) is 0 Å². The average molecular weight is 146 g/mol. The molecule has 1 aromatic rings. The van der Waals surface area contributed by atoms with E-state index >= 15 is 0 Å². The van der Waals surface area contributed by atoms with Crippen molar-refractivity contribution in [1.29, 1.82) is 0 Å². The summed E-state index contributed by atoms with van der Waals surface area (Å²) in [6.07, 6.45) is 2.12. The lowest BCUT2D eigenvalue weighted by atomic mass is 9.88. The highest BCUT2D eigenvalue weighted by molar-refractivity contribution is 5.45. The molecule has 56 valence electrons. The zero-order valence-electron chi connectivity index (χ0n) is 6.25. The first-order valence-electron chi connectivity index (χ1n) is 4.17. The van der Waals surface area contributed by atoms with Crippen LogP contribution in [0.5, 0.6) is 0 Å². The Kier molecular flexibility index (Phi) is 0.878. The Hall–Kier alpha value is -0.820. The fourth-order valence-electron chi connectivity index (χ4n) is 2.38. The largest absolute Gasteiger partial charge is 0.388 e. The van der Waals surface area contributed by atoms with Gasteiger partial charge in [0, 0.05) is 5.92 Å². The number of hydrogen-bond acceptors (Lipinski definition) is 1. The first-order valence-corrected chi connectivity index (χ1v) is 4.17. The van der Waals surface area contributed by atoms with E-state index in [0.717, 1.165) is 12.8 Å². The van der Waals surface area contributed by atoms with Crippen LogP contribution in [0, 0.1) is 0 Å². The lowest BCUT2D eigenvalue weighted by molar-refractivity contribution is 0.141. The van der Waals surface area contributed by atoms with Crippen molar-refractivity contribution in [3.63, 3.8) is 0 Å². The third-order valence-corrected chi connectivity index (χ3v) is 3.02. The zero-order chi connectivity index (χ0) is 7.42. The monoisotopic (exact) mass is 146 g/mol. The molecule has 2 aliphatic rings. The third-order valence-electron chi connectivity index (χ3n) is 3.02. The average Bonchev–Trinajstić information content (AvgIpc) is 2.29. The van der Waals surface area contributed by atoms with Crippen LogP contribution in [0.15, 0.2) is 18.2 Å². The van der Waals surface area contributed by atoms with Gasteiger partial charge in [-0.3, -0.25) is 0 Å². The van der Waals surface area contributed by atoms with Crippen LogP contribution in [0.2, 0.25) is 0 Å². The van der Waals surface area contributed by atoms with E-state index in [1.165, 1.54) is 16.7 Å². The van der Waals surface area contributed by atoms with E-state index in [9.17, 15) is 5.11 Å². The number of aliphatic hydroxyl groups excluding tert-OH is 1. The fourth-order valence-corrected chi connectivity index (χ4v) is 2.38. The molecule has 1 nitrogen and oxygen atoms in total. The summed E-state index contributed by atoms with van der Waals surface area (Å²) >= 11 is 0. The molecular weight excluding hydrogens is 136 g/mol. The molecule has 2 unspecified atom stereocenters. The van der Waals surface area contributed by atoms with Gasteiger partial charge in [0.05, 0.1) is 6.10 Å². The summed E-state index contributed by atoms with van der Waals surface area (Å²) in [4.78, 5) is 0. The fraction of sp³-hybridized carbons (Fsp3) is 0.400. The zero-order valence-corrected chi connectivity index (χ0v) is 6.25. The number of hydrogen-bond donors (Lipinski definition) is 1. The van der Waals surface area contributed by atoms with E-state index in [4.69, 9.17) is 0 Å². The molecule has 0 amide bonds. The predicted molar refractivity (Wildman–Crippen MR) is 42.5 cm³/mol. The summed E-state index contributed by atoms with van der Waals surface area (Å²) in [5, 5.41) is 9.74. The van der Waals surface area contributed by atoms with E-state index < -0.39 is 0 Å². The van der Waals surface area contributed by atoms with Crippen LogP contribution in [-0.4, -0.2) is 5.11 Å². The van der Waals surface area contributed by atoms with E-state index in [-0.39, 0.29) is 6.10 Å². The Bertz CT molecular complexity index is 317. The molecule has 0 fully saturated rings. The van der Waals surface area contributed by atoms with Gasteiger partial charge in [-0.1, -0.05) is 18.2 Å². The molecule has 1 N–H and O–H groups in total. The quantitative estimate of drug-likeness (QED) is 0.591.